The van der Waals surface area contributed by atoms with Crippen molar-refractivity contribution in [2.24, 2.45) is 0 Å². The van der Waals surface area contributed by atoms with Gasteiger partial charge in [-0.25, -0.2) is 9.69 Å². The van der Waals surface area contributed by atoms with Gasteiger partial charge in [0.2, 0.25) is 11.9 Å². The number of hydrogen-bond acceptors (Lipinski definition) is 8. The van der Waals surface area contributed by atoms with Gasteiger partial charge < -0.3 is 15.0 Å². The molecule has 3 aromatic heterocycles. The van der Waals surface area contributed by atoms with Gasteiger partial charge >= 0.3 is 6.09 Å². The van der Waals surface area contributed by atoms with E-state index in [2.05, 4.69) is 30.2 Å². The van der Waals surface area contributed by atoms with E-state index in [1.54, 1.807) is 43.6 Å². The largest absolute Gasteiger partial charge is 0.447 e. The highest BCUT2D eigenvalue weighted by Gasteiger charge is 2.26. The second-order valence-corrected chi connectivity index (χ2v) is 7.44. The number of nitrogens with zero attached hydrogens (tertiary/aromatic N) is 5. The van der Waals surface area contributed by atoms with Crippen molar-refractivity contribution in [2.75, 3.05) is 23.4 Å². The van der Waals surface area contributed by atoms with Gasteiger partial charge in [0.1, 0.15) is 12.4 Å². The van der Waals surface area contributed by atoms with Crippen molar-refractivity contribution in [3.8, 4) is 0 Å². The summed E-state index contributed by atoms with van der Waals surface area (Å²) in [7, 11) is 0. The first-order valence-electron chi connectivity index (χ1n) is 10.1. The molecule has 2 N–H and O–H groups in total. The van der Waals surface area contributed by atoms with Crippen molar-refractivity contribution in [3.63, 3.8) is 0 Å². The van der Waals surface area contributed by atoms with Crippen LogP contribution in [0.25, 0.3) is 10.9 Å². The van der Waals surface area contributed by atoms with E-state index in [4.69, 9.17) is 16.3 Å². The summed E-state index contributed by atoms with van der Waals surface area (Å²) in [6.07, 6.45) is 3.01. The Morgan fingerprint density at radius 2 is 1.94 bits per heavy atom. The number of hydrogen-bond donors (Lipinski definition) is 2. The number of cyclic esters (lactones) is 1. The predicted octanol–water partition coefficient (Wildman–Crippen LogP) is 3.33. The maximum atomic E-state index is 12.3. The number of aryl methyl sites for hydroxylation is 1. The summed E-state index contributed by atoms with van der Waals surface area (Å²) in [5, 5.41) is 4.42. The first-order valence-corrected chi connectivity index (χ1v) is 10.4. The summed E-state index contributed by atoms with van der Waals surface area (Å²) in [4.78, 5) is 44.5. The molecule has 168 valence electrons. The third kappa shape index (κ3) is 5.60. The Bertz CT molecular complexity index is 1300. The molecule has 1 fully saturated rings. The quantitative estimate of drug-likeness (QED) is 0.470. The topological polar surface area (TPSA) is 126 Å². The molecule has 1 aliphatic rings. The van der Waals surface area contributed by atoms with Crippen LogP contribution in [0.15, 0.2) is 59.7 Å². The fourth-order valence-corrected chi connectivity index (χ4v) is 3.26. The molecular weight excluding hydrogens is 446 g/mol. The van der Waals surface area contributed by atoms with Crippen LogP contribution in [0, 0.1) is 6.92 Å². The van der Waals surface area contributed by atoms with Crippen LogP contribution in [0.2, 0.25) is 5.02 Å². The summed E-state index contributed by atoms with van der Waals surface area (Å²) in [6.45, 7) is 2.57. The highest BCUT2D eigenvalue weighted by molar-refractivity contribution is 6.31. The molecule has 0 unspecified atom stereocenters. The molecular formula is C22H20ClN7O3. The number of amides is 1. The fourth-order valence-electron chi connectivity index (χ4n) is 3.08. The van der Waals surface area contributed by atoms with Crippen molar-refractivity contribution in [2.45, 2.75) is 13.5 Å². The molecule has 0 atom stereocenters. The third-order valence-corrected chi connectivity index (χ3v) is 4.86. The van der Waals surface area contributed by atoms with Crippen molar-refractivity contribution in [1.82, 2.24) is 24.9 Å². The molecule has 1 aliphatic heterocycles. The highest BCUT2D eigenvalue weighted by Crippen LogP contribution is 2.18. The van der Waals surface area contributed by atoms with E-state index in [0.717, 1.165) is 5.39 Å². The van der Waals surface area contributed by atoms with E-state index >= 15 is 0 Å². The van der Waals surface area contributed by atoms with Gasteiger partial charge in [-0.15, -0.1) is 0 Å². The second kappa shape index (κ2) is 10.0. The number of nitrogens with one attached hydrogen (secondary N) is 2. The molecule has 0 aliphatic carbocycles. The predicted molar refractivity (Wildman–Crippen MR) is 124 cm³/mol. The molecule has 10 nitrogen and oxygen atoms in total. The maximum Gasteiger partial charge on any atom is 0.416 e. The van der Waals surface area contributed by atoms with Crippen LogP contribution in [0.5, 0.6) is 0 Å². The molecule has 33 heavy (non-hydrogen) atoms. The summed E-state index contributed by atoms with van der Waals surface area (Å²) < 4.78 is 4.91. The summed E-state index contributed by atoms with van der Waals surface area (Å²) in [5.74, 6) is 0.927. The average Bonchev–Trinajstić information content (AvgIpc) is 3.25. The van der Waals surface area contributed by atoms with Gasteiger partial charge in [0.15, 0.2) is 0 Å². The van der Waals surface area contributed by atoms with Crippen LogP contribution in [-0.4, -0.2) is 44.2 Å². The van der Waals surface area contributed by atoms with Gasteiger partial charge in [-0.2, -0.15) is 15.0 Å². The molecule has 4 heterocycles. The number of carbonyl (C=O) groups excluding carboxylic acids is 1. The second-order valence-electron chi connectivity index (χ2n) is 7.01. The first kappa shape index (κ1) is 22.2. The van der Waals surface area contributed by atoms with Crippen LogP contribution in [-0.2, 0) is 11.3 Å². The monoisotopic (exact) mass is 465 g/mol. The minimum atomic E-state index is -0.491. The van der Waals surface area contributed by atoms with E-state index in [0.29, 0.717) is 35.1 Å². The zero-order valence-corrected chi connectivity index (χ0v) is 18.4. The standard InChI is InChI=1S/C17H15ClN6O3.C5H5N/c1-9-20-15(23-16(21-9)24-4-5-27-17(24)26)19-8-11-6-10-7-12(18)2-3-13(10)22-14(11)25;1-2-4-6-5-3-1/h2-3,6-7H,4-5,8H2,1H3,(H,22,25)(H,19,20,21,23);1-5H. The molecule has 0 bridgehead atoms. The Morgan fingerprint density at radius 1 is 1.12 bits per heavy atom. The number of ether oxygens (including phenoxy) is 1. The van der Waals surface area contributed by atoms with Crippen molar-refractivity contribution in [1.29, 1.82) is 0 Å². The number of carbonyl (C=O) groups is 1. The zero-order chi connectivity index (χ0) is 23.2. The molecule has 0 radical (unpaired) electrons. The molecule has 4 aromatic rings. The van der Waals surface area contributed by atoms with Crippen LogP contribution >= 0.6 is 11.6 Å². The summed E-state index contributed by atoms with van der Waals surface area (Å²) >= 11 is 6.02. The summed E-state index contributed by atoms with van der Waals surface area (Å²) in [6, 6.07) is 12.7. The minimum absolute atomic E-state index is 0.200. The molecule has 11 heteroatoms. The lowest BCUT2D eigenvalue weighted by Gasteiger charge is -2.12. The van der Waals surface area contributed by atoms with E-state index in [9.17, 15) is 9.59 Å². The number of benzene rings is 1. The number of aromatic amines is 1. The number of H-pyrrole nitrogens is 1. The van der Waals surface area contributed by atoms with Gasteiger partial charge in [-0.3, -0.25) is 9.78 Å². The van der Waals surface area contributed by atoms with Crippen LogP contribution in [0.3, 0.4) is 0 Å². The SMILES string of the molecule is Cc1nc(NCc2cc3cc(Cl)ccc3[nH]c2=O)nc(N2CCOC2=O)n1.c1ccncc1. The smallest absolute Gasteiger partial charge is 0.416 e. The van der Waals surface area contributed by atoms with Crippen LogP contribution < -0.4 is 15.8 Å². The molecule has 0 saturated carbocycles. The average molecular weight is 466 g/mol. The zero-order valence-electron chi connectivity index (χ0n) is 17.7. The number of anilines is 2. The maximum absolute atomic E-state index is 12.3. The Labute approximate surface area is 193 Å². The van der Waals surface area contributed by atoms with Crippen molar-refractivity contribution in [3.05, 3.63) is 81.6 Å². The van der Waals surface area contributed by atoms with E-state index in [-0.39, 0.29) is 24.0 Å². The Balaban J connectivity index is 0.000000376. The Kier molecular flexibility index (Phi) is 6.75. The number of pyridine rings is 2. The van der Waals surface area contributed by atoms with Crippen molar-refractivity contribution < 1.29 is 9.53 Å². The molecule has 1 saturated heterocycles. The van der Waals surface area contributed by atoms with E-state index < -0.39 is 6.09 Å². The molecule has 1 aromatic carbocycles. The molecule has 5 rings (SSSR count). The summed E-state index contributed by atoms with van der Waals surface area (Å²) in [5.41, 5.74) is 0.996. The number of halogens is 1. The first-order chi connectivity index (χ1) is 16.0. The lowest BCUT2D eigenvalue weighted by Crippen LogP contribution is -2.26. The molecule has 1 amide bonds. The normalized spacial score (nSPS) is 12.8. The Hall–Kier alpha value is -4.05. The Morgan fingerprint density at radius 3 is 2.61 bits per heavy atom. The van der Waals surface area contributed by atoms with Gasteiger partial charge in [0, 0.05) is 40.4 Å². The third-order valence-electron chi connectivity index (χ3n) is 4.62. The lowest BCUT2D eigenvalue weighted by molar-refractivity contribution is 0.181. The lowest BCUT2D eigenvalue weighted by atomic mass is 10.1. The van der Waals surface area contributed by atoms with Gasteiger partial charge in [-0.05, 0) is 43.3 Å². The number of rotatable bonds is 4. The van der Waals surface area contributed by atoms with E-state index in [1.165, 1.54) is 4.90 Å². The van der Waals surface area contributed by atoms with Crippen LogP contribution in [0.1, 0.15) is 11.4 Å². The van der Waals surface area contributed by atoms with E-state index in [1.807, 2.05) is 18.2 Å². The minimum Gasteiger partial charge on any atom is -0.447 e. The van der Waals surface area contributed by atoms with Crippen LogP contribution in [0.4, 0.5) is 16.7 Å². The van der Waals surface area contributed by atoms with Gasteiger partial charge in [0.05, 0.1) is 6.54 Å². The molecule has 0 spiro atoms. The van der Waals surface area contributed by atoms with Gasteiger partial charge in [-0.1, -0.05) is 17.7 Å². The number of aromatic nitrogens is 5. The van der Waals surface area contributed by atoms with Gasteiger partial charge in [0.25, 0.3) is 5.56 Å². The highest BCUT2D eigenvalue weighted by atomic mass is 35.5. The van der Waals surface area contributed by atoms with Crippen molar-refractivity contribution >= 4 is 40.5 Å². The number of fused-ring (bicyclic) bond motifs is 1. The fraction of sp³-hybridized carbons (Fsp3) is 0.182.